The highest BCUT2D eigenvalue weighted by atomic mass is 32.2. The maximum absolute atomic E-state index is 13.0. The molecule has 0 aliphatic rings. The molecule has 1 atom stereocenters. The van der Waals surface area contributed by atoms with E-state index in [0.717, 1.165) is 27.6 Å². The third-order valence-electron chi connectivity index (χ3n) is 3.23. The molecule has 0 fully saturated rings. The van der Waals surface area contributed by atoms with Crippen molar-refractivity contribution in [3.05, 3.63) is 53.8 Å². The van der Waals surface area contributed by atoms with E-state index in [0.29, 0.717) is 0 Å². The Balaban J connectivity index is 2.35. The molecule has 0 aliphatic carbocycles. The Morgan fingerprint density at radius 3 is 2.52 bits per heavy atom. The fraction of sp³-hybridized carbons (Fsp3) is 0.294. The molecule has 2 aromatic rings. The molecule has 1 N–H and O–H groups in total. The maximum Gasteiger partial charge on any atom is 0.124 e. The maximum atomic E-state index is 13.0. The predicted octanol–water partition coefficient (Wildman–Crippen LogP) is 4.66. The van der Waals surface area contributed by atoms with Crippen molar-refractivity contribution < 1.29 is 9.13 Å². The third kappa shape index (κ3) is 3.99. The van der Waals surface area contributed by atoms with Gasteiger partial charge in [0.05, 0.1) is 7.11 Å². The molecule has 0 amide bonds. The number of hydrogen-bond donors (Lipinski definition) is 1. The van der Waals surface area contributed by atoms with Crippen molar-refractivity contribution in [1.82, 2.24) is 5.32 Å². The molecule has 112 valence electrons. The van der Waals surface area contributed by atoms with Gasteiger partial charge in [0.15, 0.2) is 0 Å². The van der Waals surface area contributed by atoms with Crippen LogP contribution in [0.2, 0.25) is 0 Å². The molecular formula is C17H20FNOS. The first-order valence-electron chi connectivity index (χ1n) is 6.99. The lowest BCUT2D eigenvalue weighted by Crippen LogP contribution is -2.19. The molecule has 0 spiro atoms. The van der Waals surface area contributed by atoms with E-state index in [2.05, 4.69) is 25.2 Å². The van der Waals surface area contributed by atoms with Gasteiger partial charge in [0.25, 0.3) is 0 Å². The van der Waals surface area contributed by atoms with Gasteiger partial charge in [0.1, 0.15) is 11.6 Å². The van der Waals surface area contributed by atoms with Crippen LogP contribution in [0.1, 0.15) is 25.5 Å². The van der Waals surface area contributed by atoms with E-state index in [9.17, 15) is 4.39 Å². The van der Waals surface area contributed by atoms with E-state index in [1.54, 1.807) is 31.0 Å². The largest absolute Gasteiger partial charge is 0.496 e. The fourth-order valence-electron chi connectivity index (χ4n) is 2.26. The van der Waals surface area contributed by atoms with Crippen molar-refractivity contribution in [3.8, 4) is 5.75 Å². The van der Waals surface area contributed by atoms with Crippen molar-refractivity contribution in [1.29, 1.82) is 0 Å². The first kappa shape index (κ1) is 15.9. The van der Waals surface area contributed by atoms with Gasteiger partial charge in [0, 0.05) is 21.4 Å². The van der Waals surface area contributed by atoms with Crippen molar-refractivity contribution >= 4 is 11.8 Å². The fourth-order valence-corrected chi connectivity index (χ4v) is 3.32. The zero-order valence-electron chi connectivity index (χ0n) is 12.5. The molecule has 0 saturated heterocycles. The zero-order valence-corrected chi connectivity index (χ0v) is 13.3. The Morgan fingerprint density at radius 1 is 1.19 bits per heavy atom. The van der Waals surface area contributed by atoms with Gasteiger partial charge in [-0.3, -0.25) is 0 Å². The van der Waals surface area contributed by atoms with E-state index in [-0.39, 0.29) is 11.9 Å². The lowest BCUT2D eigenvalue weighted by atomic mass is 10.1. The summed E-state index contributed by atoms with van der Waals surface area (Å²) in [5, 5.41) is 3.42. The van der Waals surface area contributed by atoms with Crippen LogP contribution in [0.4, 0.5) is 4.39 Å². The van der Waals surface area contributed by atoms with Crippen LogP contribution >= 0.6 is 11.8 Å². The van der Waals surface area contributed by atoms with Crippen molar-refractivity contribution in [3.63, 3.8) is 0 Å². The predicted molar refractivity (Wildman–Crippen MR) is 85.6 cm³/mol. The molecule has 2 rings (SSSR count). The molecule has 0 bridgehead atoms. The summed E-state index contributed by atoms with van der Waals surface area (Å²) in [4.78, 5) is 2.13. The summed E-state index contributed by atoms with van der Waals surface area (Å²) < 4.78 is 18.5. The SMILES string of the molecule is CCNC(C)c1c(OC)cccc1Sc1ccc(F)cc1. The molecule has 2 aromatic carbocycles. The quantitative estimate of drug-likeness (QED) is 0.839. The Bertz CT molecular complexity index is 586. The number of nitrogens with one attached hydrogen (secondary N) is 1. The summed E-state index contributed by atoms with van der Waals surface area (Å²) >= 11 is 1.62. The molecule has 0 saturated carbocycles. The molecule has 0 aromatic heterocycles. The minimum absolute atomic E-state index is 0.189. The second-order valence-corrected chi connectivity index (χ2v) is 5.82. The Morgan fingerprint density at radius 2 is 1.90 bits per heavy atom. The standard InChI is InChI=1S/C17H20FNOS/c1-4-19-12(2)17-15(20-3)6-5-7-16(17)21-14-10-8-13(18)9-11-14/h5-12,19H,4H2,1-3H3. The van der Waals surface area contributed by atoms with Gasteiger partial charge >= 0.3 is 0 Å². The lowest BCUT2D eigenvalue weighted by Gasteiger charge is -2.20. The minimum atomic E-state index is -0.216. The summed E-state index contributed by atoms with van der Waals surface area (Å²) in [7, 11) is 1.68. The summed E-state index contributed by atoms with van der Waals surface area (Å²) in [5.41, 5.74) is 1.14. The van der Waals surface area contributed by atoms with E-state index in [1.165, 1.54) is 12.1 Å². The molecule has 2 nitrogen and oxygen atoms in total. The van der Waals surface area contributed by atoms with Crippen LogP contribution < -0.4 is 10.1 Å². The summed E-state index contributed by atoms with van der Waals surface area (Å²) in [5.74, 6) is 0.654. The molecule has 0 radical (unpaired) electrons. The van der Waals surface area contributed by atoms with Crippen molar-refractivity contribution in [2.45, 2.75) is 29.7 Å². The second kappa shape index (κ2) is 7.48. The first-order valence-corrected chi connectivity index (χ1v) is 7.81. The summed E-state index contributed by atoms with van der Waals surface area (Å²) in [6.45, 7) is 5.09. The molecular weight excluding hydrogens is 285 g/mol. The molecule has 4 heteroatoms. The Kier molecular flexibility index (Phi) is 5.65. The van der Waals surface area contributed by atoms with Crippen LogP contribution in [0.25, 0.3) is 0 Å². The van der Waals surface area contributed by atoms with Gasteiger partial charge in [-0.05, 0) is 49.9 Å². The third-order valence-corrected chi connectivity index (χ3v) is 4.31. The number of benzene rings is 2. The molecule has 0 aliphatic heterocycles. The second-order valence-electron chi connectivity index (χ2n) is 4.71. The molecule has 1 unspecified atom stereocenters. The topological polar surface area (TPSA) is 21.3 Å². The van der Waals surface area contributed by atoms with Gasteiger partial charge in [-0.1, -0.05) is 24.8 Å². The first-order chi connectivity index (χ1) is 10.2. The number of ether oxygens (including phenoxy) is 1. The van der Waals surface area contributed by atoms with E-state index >= 15 is 0 Å². The molecule has 0 heterocycles. The average molecular weight is 305 g/mol. The van der Waals surface area contributed by atoms with Crippen LogP contribution in [0.15, 0.2) is 52.3 Å². The van der Waals surface area contributed by atoms with Gasteiger partial charge in [-0.2, -0.15) is 0 Å². The van der Waals surface area contributed by atoms with Crippen molar-refractivity contribution in [2.24, 2.45) is 0 Å². The van der Waals surface area contributed by atoms with Gasteiger partial charge in [-0.15, -0.1) is 0 Å². The average Bonchev–Trinajstić information content (AvgIpc) is 2.49. The summed E-state index contributed by atoms with van der Waals surface area (Å²) in [6, 6.07) is 12.8. The number of rotatable bonds is 6. The Labute approximate surface area is 129 Å². The lowest BCUT2D eigenvalue weighted by molar-refractivity contribution is 0.400. The van der Waals surface area contributed by atoms with Gasteiger partial charge in [-0.25, -0.2) is 4.39 Å². The highest BCUT2D eigenvalue weighted by Crippen LogP contribution is 2.38. The van der Waals surface area contributed by atoms with Crippen LogP contribution in [-0.4, -0.2) is 13.7 Å². The highest BCUT2D eigenvalue weighted by molar-refractivity contribution is 7.99. The van der Waals surface area contributed by atoms with E-state index in [1.807, 2.05) is 12.1 Å². The highest BCUT2D eigenvalue weighted by Gasteiger charge is 2.16. The van der Waals surface area contributed by atoms with Crippen LogP contribution in [-0.2, 0) is 0 Å². The number of halogens is 1. The summed E-state index contributed by atoms with van der Waals surface area (Å²) in [6.07, 6.45) is 0. The van der Waals surface area contributed by atoms with Gasteiger partial charge < -0.3 is 10.1 Å². The molecule has 21 heavy (non-hydrogen) atoms. The van der Waals surface area contributed by atoms with Crippen LogP contribution in [0, 0.1) is 5.82 Å². The minimum Gasteiger partial charge on any atom is -0.496 e. The number of methoxy groups -OCH3 is 1. The Hall–Kier alpha value is -1.52. The number of hydrogen-bond acceptors (Lipinski definition) is 3. The van der Waals surface area contributed by atoms with Crippen LogP contribution in [0.3, 0.4) is 0 Å². The van der Waals surface area contributed by atoms with Gasteiger partial charge in [0.2, 0.25) is 0 Å². The van der Waals surface area contributed by atoms with E-state index < -0.39 is 0 Å². The van der Waals surface area contributed by atoms with E-state index in [4.69, 9.17) is 4.74 Å². The van der Waals surface area contributed by atoms with Crippen LogP contribution in [0.5, 0.6) is 5.75 Å². The zero-order chi connectivity index (χ0) is 15.2. The van der Waals surface area contributed by atoms with Crippen molar-refractivity contribution in [2.75, 3.05) is 13.7 Å². The smallest absolute Gasteiger partial charge is 0.124 e. The monoisotopic (exact) mass is 305 g/mol. The normalized spacial score (nSPS) is 12.2.